The zero-order valence-electron chi connectivity index (χ0n) is 20.5. The summed E-state index contributed by atoms with van der Waals surface area (Å²) in [5, 5.41) is 2.18. The van der Waals surface area contributed by atoms with Gasteiger partial charge in [0.25, 0.3) is 0 Å². The SMILES string of the molecule is CC(C)(C)c1ccccc1Oc1ccc(Nc2nc(C(F)(F)F)c(-c3ccc(OC(F)(F)F)cc3)s2)c([18F])n1. The predicted molar refractivity (Wildman–Crippen MR) is 132 cm³/mol. The molecule has 39 heavy (non-hydrogen) atoms. The Morgan fingerprint density at radius 3 is 2.08 bits per heavy atom. The van der Waals surface area contributed by atoms with E-state index in [4.69, 9.17) is 4.74 Å². The second-order valence-electron chi connectivity index (χ2n) is 9.23. The number of pyridine rings is 1. The van der Waals surface area contributed by atoms with E-state index in [1.165, 1.54) is 12.1 Å². The van der Waals surface area contributed by atoms with Crippen LogP contribution in [0.1, 0.15) is 32.0 Å². The Labute approximate surface area is 222 Å². The number of alkyl halides is 6. The summed E-state index contributed by atoms with van der Waals surface area (Å²) in [5.74, 6) is -1.22. The molecule has 0 saturated carbocycles. The second kappa shape index (κ2) is 10.4. The number of halogens is 7. The number of para-hydroxylation sites is 1. The highest BCUT2D eigenvalue weighted by Gasteiger charge is 2.38. The predicted octanol–water partition coefficient (Wildman–Crippen LogP) is 9.09. The van der Waals surface area contributed by atoms with E-state index in [1.54, 1.807) is 12.1 Å². The first kappa shape index (κ1) is 28.1. The van der Waals surface area contributed by atoms with Crippen LogP contribution < -0.4 is 14.8 Å². The molecule has 0 aliphatic carbocycles. The van der Waals surface area contributed by atoms with Crippen LogP contribution in [-0.4, -0.2) is 16.3 Å². The molecule has 0 aliphatic heterocycles. The van der Waals surface area contributed by atoms with Crippen molar-refractivity contribution in [3.8, 4) is 27.8 Å². The van der Waals surface area contributed by atoms with Crippen molar-refractivity contribution in [3.05, 3.63) is 77.9 Å². The molecule has 0 atom stereocenters. The van der Waals surface area contributed by atoms with Gasteiger partial charge in [-0.2, -0.15) is 22.5 Å². The molecule has 1 N–H and O–H groups in total. The van der Waals surface area contributed by atoms with Gasteiger partial charge in [-0.1, -0.05) is 50.3 Å². The normalized spacial score (nSPS) is 12.4. The minimum absolute atomic E-state index is 0.0535. The van der Waals surface area contributed by atoms with Crippen LogP contribution in [0.3, 0.4) is 0 Å². The third kappa shape index (κ3) is 6.96. The van der Waals surface area contributed by atoms with Crippen molar-refractivity contribution in [1.82, 2.24) is 9.97 Å². The fourth-order valence-electron chi connectivity index (χ4n) is 3.54. The minimum Gasteiger partial charge on any atom is -0.439 e. The van der Waals surface area contributed by atoms with Gasteiger partial charge in [0.1, 0.15) is 11.5 Å². The Kier molecular flexibility index (Phi) is 7.48. The van der Waals surface area contributed by atoms with Crippen LogP contribution in [0.25, 0.3) is 10.4 Å². The first-order chi connectivity index (χ1) is 18.1. The van der Waals surface area contributed by atoms with Gasteiger partial charge in [0.15, 0.2) is 10.8 Å². The van der Waals surface area contributed by atoms with Crippen molar-refractivity contribution in [1.29, 1.82) is 0 Å². The van der Waals surface area contributed by atoms with Gasteiger partial charge < -0.3 is 14.8 Å². The minimum atomic E-state index is -4.95. The van der Waals surface area contributed by atoms with E-state index >= 15 is 0 Å². The molecule has 206 valence electrons. The smallest absolute Gasteiger partial charge is 0.439 e. The molecule has 2 heterocycles. The number of hydrogen-bond donors (Lipinski definition) is 1. The zero-order valence-corrected chi connectivity index (χ0v) is 21.4. The van der Waals surface area contributed by atoms with Crippen LogP contribution in [0.4, 0.5) is 41.6 Å². The maximum atomic E-state index is 14.8. The van der Waals surface area contributed by atoms with E-state index in [9.17, 15) is 30.7 Å². The fourth-order valence-corrected chi connectivity index (χ4v) is 4.54. The maximum absolute atomic E-state index is 14.8. The van der Waals surface area contributed by atoms with Gasteiger partial charge in [-0.25, -0.2) is 4.98 Å². The van der Waals surface area contributed by atoms with E-state index in [0.29, 0.717) is 17.1 Å². The Hall–Kier alpha value is -3.87. The molecule has 0 amide bonds. The lowest BCUT2D eigenvalue weighted by atomic mass is 9.86. The third-order valence-electron chi connectivity index (χ3n) is 5.22. The Balaban J connectivity index is 1.59. The molecule has 5 nitrogen and oxygen atoms in total. The molecule has 2 aromatic carbocycles. The van der Waals surface area contributed by atoms with Gasteiger partial charge in [0.05, 0.1) is 10.6 Å². The topological polar surface area (TPSA) is 56.3 Å². The highest BCUT2D eigenvalue weighted by molar-refractivity contribution is 7.19. The van der Waals surface area contributed by atoms with Crippen LogP contribution in [-0.2, 0) is 11.6 Å². The van der Waals surface area contributed by atoms with Crippen LogP contribution in [0.15, 0.2) is 60.7 Å². The molecule has 4 aromatic rings. The molecule has 0 aliphatic rings. The Morgan fingerprint density at radius 2 is 1.49 bits per heavy atom. The van der Waals surface area contributed by atoms with Crippen LogP contribution in [0, 0.1) is 5.95 Å². The summed E-state index contributed by atoms with van der Waals surface area (Å²) in [6.07, 6.45) is -9.84. The molecule has 0 saturated heterocycles. The summed E-state index contributed by atoms with van der Waals surface area (Å²) in [6, 6.07) is 13.6. The van der Waals surface area contributed by atoms with Crippen molar-refractivity contribution in [2.24, 2.45) is 0 Å². The van der Waals surface area contributed by atoms with Crippen molar-refractivity contribution in [2.75, 3.05) is 5.32 Å². The molecule has 0 fully saturated rings. The van der Waals surface area contributed by atoms with Gasteiger partial charge in [-0.05, 0) is 47.4 Å². The van der Waals surface area contributed by atoms with Crippen LogP contribution in [0.5, 0.6) is 17.4 Å². The Morgan fingerprint density at radius 1 is 0.821 bits per heavy atom. The van der Waals surface area contributed by atoms with E-state index in [0.717, 1.165) is 29.8 Å². The molecule has 0 spiro atoms. The maximum Gasteiger partial charge on any atom is 0.573 e. The number of rotatable bonds is 6. The number of benzene rings is 2. The van der Waals surface area contributed by atoms with Gasteiger partial charge in [-0.3, -0.25) is 0 Å². The highest BCUT2D eigenvalue weighted by atomic mass is 32.1. The molecule has 13 heteroatoms. The first-order valence-corrected chi connectivity index (χ1v) is 12.1. The number of hydrogen-bond acceptors (Lipinski definition) is 6. The quantitative estimate of drug-likeness (QED) is 0.185. The summed E-state index contributed by atoms with van der Waals surface area (Å²) in [7, 11) is 0. The highest BCUT2D eigenvalue weighted by Crippen LogP contribution is 2.43. The van der Waals surface area contributed by atoms with Crippen LogP contribution >= 0.6 is 11.3 Å². The number of aromatic nitrogens is 2. The summed E-state index contributed by atoms with van der Waals surface area (Å²) < 4.78 is 103. The molecule has 0 bridgehead atoms. The van der Waals surface area contributed by atoms with Crippen LogP contribution in [0.2, 0.25) is 0 Å². The average molecular weight is 571 g/mol. The lowest BCUT2D eigenvalue weighted by molar-refractivity contribution is -0.274. The van der Waals surface area contributed by atoms with E-state index < -0.39 is 29.9 Å². The summed E-state index contributed by atoms with van der Waals surface area (Å²) in [5.41, 5.74) is -0.994. The van der Waals surface area contributed by atoms with Crippen molar-refractivity contribution >= 4 is 22.2 Å². The van der Waals surface area contributed by atoms with E-state index in [1.807, 2.05) is 32.9 Å². The zero-order chi connectivity index (χ0) is 28.6. The third-order valence-corrected chi connectivity index (χ3v) is 6.24. The average Bonchev–Trinajstić information content (AvgIpc) is 3.25. The summed E-state index contributed by atoms with van der Waals surface area (Å²) >= 11 is 0.543. The summed E-state index contributed by atoms with van der Waals surface area (Å²) in [6.45, 7) is 5.95. The van der Waals surface area contributed by atoms with Gasteiger partial charge >= 0.3 is 12.5 Å². The molecule has 4 rings (SSSR count). The fraction of sp³-hybridized carbons (Fsp3) is 0.231. The molecular weight excluding hydrogens is 550 g/mol. The molecule has 0 radical (unpaired) electrons. The standard InChI is InChI=1S/C26H20F7N3O2S/c1-24(2,3)16-6-4-5-7-18(16)37-19-13-12-17(22(27)35-19)34-23-36-21(25(28,29)30)20(39-23)14-8-10-15(11-9-14)38-26(31,32)33/h4-13H,1-3H3,(H,34,36)/i27-1. The monoisotopic (exact) mass is 570 g/mol. The molecule has 0 unspecified atom stereocenters. The molecule has 2 aromatic heterocycles. The number of ether oxygens (including phenoxy) is 2. The van der Waals surface area contributed by atoms with E-state index in [-0.39, 0.29) is 32.6 Å². The van der Waals surface area contributed by atoms with E-state index in [2.05, 4.69) is 20.0 Å². The lowest BCUT2D eigenvalue weighted by Gasteiger charge is -2.22. The van der Waals surface area contributed by atoms with Crippen molar-refractivity contribution < 1.29 is 40.2 Å². The van der Waals surface area contributed by atoms with Gasteiger partial charge in [-0.15, -0.1) is 13.2 Å². The van der Waals surface area contributed by atoms with Gasteiger partial charge in [0.2, 0.25) is 11.8 Å². The van der Waals surface area contributed by atoms with Gasteiger partial charge in [0, 0.05) is 11.6 Å². The second-order valence-corrected chi connectivity index (χ2v) is 10.2. The number of nitrogens with zero attached hydrogens (tertiary/aromatic N) is 2. The Bertz CT molecular complexity index is 1460. The molecular formula is C26H20F7N3O2S. The van der Waals surface area contributed by atoms with Crippen molar-refractivity contribution in [2.45, 2.75) is 38.7 Å². The largest absolute Gasteiger partial charge is 0.573 e. The first-order valence-electron chi connectivity index (χ1n) is 11.3. The number of nitrogens with one attached hydrogen (secondary N) is 1. The lowest BCUT2D eigenvalue weighted by Crippen LogP contribution is -2.16. The van der Waals surface area contributed by atoms with Crippen molar-refractivity contribution in [3.63, 3.8) is 0 Å². The number of thiazole rings is 1. The number of anilines is 2. The summed E-state index contributed by atoms with van der Waals surface area (Å²) in [4.78, 5) is 6.93.